The number of halogens is 1. The van der Waals surface area contributed by atoms with Gasteiger partial charge < -0.3 is 5.32 Å². The second-order valence-corrected chi connectivity index (χ2v) is 7.86. The summed E-state index contributed by atoms with van der Waals surface area (Å²) in [6, 6.07) is 3.87. The van der Waals surface area contributed by atoms with Crippen LogP contribution >= 0.6 is 12.4 Å². The molecule has 1 fully saturated rings. The number of hydrogen-bond donors (Lipinski definition) is 2. The average Bonchev–Trinajstić information content (AvgIpc) is 2.46. The van der Waals surface area contributed by atoms with Gasteiger partial charge in [-0.3, -0.25) is 10.1 Å². The van der Waals surface area contributed by atoms with Gasteiger partial charge in [-0.2, -0.15) is 0 Å². The molecule has 0 radical (unpaired) electrons. The van der Waals surface area contributed by atoms with Gasteiger partial charge in [0.2, 0.25) is 10.0 Å². The largest absolute Gasteiger partial charge is 0.316 e. The first kappa shape index (κ1) is 19.8. The Balaban J connectivity index is 0.00000264. The molecule has 2 rings (SSSR count). The van der Waals surface area contributed by atoms with Gasteiger partial charge in [-0.25, -0.2) is 13.1 Å². The molecule has 130 valence electrons. The lowest BCUT2D eigenvalue weighted by Gasteiger charge is -2.34. The van der Waals surface area contributed by atoms with Crippen LogP contribution in [0.1, 0.15) is 25.3 Å². The molecule has 0 saturated carbocycles. The van der Waals surface area contributed by atoms with Gasteiger partial charge in [0.25, 0.3) is 5.69 Å². The van der Waals surface area contributed by atoms with Crippen molar-refractivity contribution < 1.29 is 13.3 Å². The molecule has 9 heteroatoms. The second-order valence-electron chi connectivity index (χ2n) is 6.12. The zero-order valence-corrected chi connectivity index (χ0v) is 14.8. The van der Waals surface area contributed by atoms with Gasteiger partial charge in [-0.15, -0.1) is 12.4 Å². The lowest BCUT2D eigenvalue weighted by molar-refractivity contribution is -0.385. The van der Waals surface area contributed by atoms with Crippen molar-refractivity contribution in [2.24, 2.45) is 5.41 Å². The smallest absolute Gasteiger partial charge is 0.270 e. The molecule has 1 saturated heterocycles. The van der Waals surface area contributed by atoms with Crippen molar-refractivity contribution in [3.05, 3.63) is 33.9 Å². The summed E-state index contributed by atoms with van der Waals surface area (Å²) in [7, 11) is -3.77. The summed E-state index contributed by atoms with van der Waals surface area (Å²) >= 11 is 0. The first-order valence-electron chi connectivity index (χ1n) is 7.19. The Morgan fingerprint density at radius 1 is 1.43 bits per heavy atom. The highest BCUT2D eigenvalue weighted by molar-refractivity contribution is 7.89. The number of sulfonamides is 1. The minimum atomic E-state index is -3.77. The van der Waals surface area contributed by atoms with E-state index in [0.29, 0.717) is 12.1 Å². The normalized spacial score (nSPS) is 21.5. The van der Waals surface area contributed by atoms with Crippen molar-refractivity contribution in [2.45, 2.75) is 31.6 Å². The number of benzene rings is 1. The molecule has 1 aromatic rings. The first-order chi connectivity index (χ1) is 10.2. The molecule has 1 aromatic carbocycles. The molecule has 1 aliphatic heterocycles. The summed E-state index contributed by atoms with van der Waals surface area (Å²) in [4.78, 5) is 10.2. The summed E-state index contributed by atoms with van der Waals surface area (Å²) in [6.07, 6.45) is 1.95. The number of non-ortho nitro benzene ring substituents is 1. The predicted molar refractivity (Wildman–Crippen MR) is 90.5 cm³/mol. The monoisotopic (exact) mass is 363 g/mol. The standard InChI is InChI=1S/C14H21N3O4S.ClH/c1-11-4-5-12(17(18)19)8-13(11)22(20,21)16-10-14(2)6-3-7-15-9-14;/h4-5,8,15-16H,3,6-7,9-10H2,1-2H3;1H. The number of piperidine rings is 1. The van der Waals surface area contributed by atoms with Gasteiger partial charge in [0.1, 0.15) is 0 Å². The SMILES string of the molecule is Cc1ccc([N+](=O)[O-])cc1S(=O)(=O)NCC1(C)CCCNC1.Cl. The first-order valence-corrected chi connectivity index (χ1v) is 8.67. The minimum Gasteiger partial charge on any atom is -0.316 e. The molecule has 1 atom stereocenters. The van der Waals surface area contributed by atoms with Crippen LogP contribution in [-0.4, -0.2) is 33.0 Å². The molecule has 1 unspecified atom stereocenters. The zero-order valence-electron chi connectivity index (χ0n) is 13.2. The molecular weight excluding hydrogens is 342 g/mol. The van der Waals surface area contributed by atoms with Crippen molar-refractivity contribution in [1.29, 1.82) is 0 Å². The van der Waals surface area contributed by atoms with Gasteiger partial charge in [-0.05, 0) is 37.3 Å². The summed E-state index contributed by atoms with van der Waals surface area (Å²) < 4.78 is 27.5. The Kier molecular flexibility index (Phi) is 6.52. The van der Waals surface area contributed by atoms with E-state index in [1.807, 2.05) is 6.92 Å². The molecular formula is C14H22ClN3O4S. The molecule has 23 heavy (non-hydrogen) atoms. The van der Waals surface area contributed by atoms with Crippen molar-refractivity contribution in [2.75, 3.05) is 19.6 Å². The van der Waals surface area contributed by atoms with E-state index in [0.717, 1.165) is 32.0 Å². The van der Waals surface area contributed by atoms with Gasteiger partial charge in [0.15, 0.2) is 0 Å². The van der Waals surface area contributed by atoms with Crippen molar-refractivity contribution >= 4 is 28.1 Å². The van der Waals surface area contributed by atoms with E-state index < -0.39 is 14.9 Å². The fourth-order valence-electron chi connectivity index (χ4n) is 2.61. The van der Waals surface area contributed by atoms with Crippen LogP contribution in [0.3, 0.4) is 0 Å². The lowest BCUT2D eigenvalue weighted by atomic mass is 9.83. The summed E-state index contributed by atoms with van der Waals surface area (Å²) in [5.74, 6) is 0. The zero-order chi connectivity index (χ0) is 16.4. The number of nitrogens with one attached hydrogen (secondary N) is 2. The van der Waals surface area contributed by atoms with E-state index in [1.165, 1.54) is 12.1 Å². The van der Waals surface area contributed by atoms with Gasteiger partial charge in [0, 0.05) is 25.2 Å². The van der Waals surface area contributed by atoms with E-state index in [1.54, 1.807) is 6.92 Å². The lowest BCUT2D eigenvalue weighted by Crippen LogP contribution is -2.45. The van der Waals surface area contributed by atoms with E-state index >= 15 is 0 Å². The molecule has 7 nitrogen and oxygen atoms in total. The Hall–Kier alpha value is -1.22. The quantitative estimate of drug-likeness (QED) is 0.615. The predicted octanol–water partition coefficient (Wildman–Crippen LogP) is 1.99. The Labute approximate surface area is 142 Å². The van der Waals surface area contributed by atoms with Crippen LogP contribution < -0.4 is 10.0 Å². The third-order valence-electron chi connectivity index (χ3n) is 4.05. The average molecular weight is 364 g/mol. The number of nitrogens with zero attached hydrogens (tertiary/aromatic N) is 1. The van der Waals surface area contributed by atoms with Crippen molar-refractivity contribution in [3.8, 4) is 0 Å². The number of nitro groups is 1. The summed E-state index contributed by atoms with van der Waals surface area (Å²) in [5, 5.41) is 14.1. The fourth-order valence-corrected chi connectivity index (χ4v) is 4.07. The second kappa shape index (κ2) is 7.57. The highest BCUT2D eigenvalue weighted by Gasteiger charge is 2.29. The summed E-state index contributed by atoms with van der Waals surface area (Å²) in [6.45, 7) is 5.67. The molecule has 0 aliphatic carbocycles. The van der Waals surface area contributed by atoms with Crippen molar-refractivity contribution in [3.63, 3.8) is 0 Å². The van der Waals surface area contributed by atoms with E-state index in [-0.39, 0.29) is 28.4 Å². The van der Waals surface area contributed by atoms with E-state index in [9.17, 15) is 18.5 Å². The van der Waals surface area contributed by atoms with Gasteiger partial charge >= 0.3 is 0 Å². The van der Waals surface area contributed by atoms with Crippen LogP contribution in [0.2, 0.25) is 0 Å². The third kappa shape index (κ3) is 4.87. The molecule has 1 aliphatic rings. The van der Waals surface area contributed by atoms with Crippen LogP contribution in [0.25, 0.3) is 0 Å². The molecule has 0 spiro atoms. The molecule has 0 bridgehead atoms. The number of nitro benzene ring substituents is 1. The van der Waals surface area contributed by atoms with Crippen LogP contribution in [0.5, 0.6) is 0 Å². The molecule has 0 amide bonds. The summed E-state index contributed by atoms with van der Waals surface area (Å²) in [5.41, 5.74) is 0.126. The molecule has 1 heterocycles. The Morgan fingerprint density at radius 3 is 2.70 bits per heavy atom. The molecule has 2 N–H and O–H groups in total. The maximum atomic E-state index is 12.5. The third-order valence-corrected chi connectivity index (χ3v) is 5.59. The fraction of sp³-hybridized carbons (Fsp3) is 0.571. The van der Waals surface area contributed by atoms with Crippen LogP contribution in [-0.2, 0) is 10.0 Å². The number of rotatable bonds is 5. The maximum absolute atomic E-state index is 12.5. The topological polar surface area (TPSA) is 101 Å². The molecule has 0 aromatic heterocycles. The highest BCUT2D eigenvalue weighted by Crippen LogP contribution is 2.26. The Morgan fingerprint density at radius 2 is 2.13 bits per heavy atom. The van der Waals surface area contributed by atoms with Gasteiger partial charge in [0.05, 0.1) is 9.82 Å². The maximum Gasteiger partial charge on any atom is 0.270 e. The van der Waals surface area contributed by atoms with Crippen LogP contribution in [0.15, 0.2) is 23.1 Å². The Bertz CT molecular complexity index is 673. The van der Waals surface area contributed by atoms with Crippen molar-refractivity contribution in [1.82, 2.24) is 10.0 Å². The highest BCUT2D eigenvalue weighted by atomic mass is 35.5. The number of aryl methyl sites for hydroxylation is 1. The van der Waals surface area contributed by atoms with E-state index in [2.05, 4.69) is 10.0 Å². The van der Waals surface area contributed by atoms with E-state index in [4.69, 9.17) is 0 Å². The van der Waals surface area contributed by atoms with Crippen LogP contribution in [0, 0.1) is 22.5 Å². The van der Waals surface area contributed by atoms with Crippen LogP contribution in [0.4, 0.5) is 5.69 Å². The number of hydrogen-bond acceptors (Lipinski definition) is 5. The minimum absolute atomic E-state index is 0. The van der Waals surface area contributed by atoms with Gasteiger partial charge in [-0.1, -0.05) is 13.0 Å².